The SMILES string of the molecule is COc1cc2c(cc1OCc1cc(COc3cc4c(cc3OC)C(O)N3Cc5cc(O)ccc5C[C@H]3C=N4)cc(CN(C)C)c1)N=C[C@@H]1Cc3ccccc3CN1C2=O. The third-order valence-electron chi connectivity index (χ3n) is 11.5. The zero-order valence-electron chi connectivity index (χ0n) is 33.6. The highest BCUT2D eigenvalue weighted by Gasteiger charge is 2.35. The van der Waals surface area contributed by atoms with E-state index >= 15 is 0 Å². The van der Waals surface area contributed by atoms with Crippen molar-refractivity contribution >= 4 is 29.7 Å². The van der Waals surface area contributed by atoms with E-state index in [-0.39, 0.29) is 37.0 Å². The third-order valence-corrected chi connectivity index (χ3v) is 11.5. The van der Waals surface area contributed by atoms with Crippen LogP contribution in [-0.2, 0) is 45.7 Å². The molecule has 0 fully saturated rings. The van der Waals surface area contributed by atoms with Crippen LogP contribution in [0.1, 0.15) is 61.1 Å². The third kappa shape index (κ3) is 7.62. The molecule has 5 aromatic carbocycles. The van der Waals surface area contributed by atoms with Crippen molar-refractivity contribution in [3.63, 3.8) is 0 Å². The monoisotopic (exact) mass is 793 g/mol. The molecule has 0 spiro atoms. The minimum atomic E-state index is -0.938. The molecule has 4 aliphatic rings. The van der Waals surface area contributed by atoms with Crippen molar-refractivity contribution in [2.24, 2.45) is 9.98 Å². The highest BCUT2D eigenvalue weighted by molar-refractivity contribution is 6.03. The number of aliphatic imine (C=N–C) groups is 2. The van der Waals surface area contributed by atoms with Gasteiger partial charge in [0.25, 0.3) is 5.91 Å². The Morgan fingerprint density at radius 3 is 2.05 bits per heavy atom. The van der Waals surface area contributed by atoms with Crippen LogP contribution in [0.2, 0.25) is 0 Å². The lowest BCUT2D eigenvalue weighted by Gasteiger charge is -2.37. The highest BCUT2D eigenvalue weighted by atomic mass is 16.5. The molecule has 59 heavy (non-hydrogen) atoms. The van der Waals surface area contributed by atoms with Crippen LogP contribution < -0.4 is 18.9 Å². The van der Waals surface area contributed by atoms with Crippen LogP contribution in [0.5, 0.6) is 28.7 Å². The van der Waals surface area contributed by atoms with Crippen LogP contribution in [0.25, 0.3) is 0 Å². The summed E-state index contributed by atoms with van der Waals surface area (Å²) in [4.78, 5) is 29.5. The number of fused-ring (bicyclic) bond motifs is 6. The molecule has 302 valence electrons. The fraction of sp³-hybridized carbons (Fsp3) is 0.298. The molecule has 4 heterocycles. The molecule has 0 bridgehead atoms. The first-order valence-corrected chi connectivity index (χ1v) is 19.8. The van der Waals surface area contributed by atoms with Gasteiger partial charge in [0, 0.05) is 49.8 Å². The number of aliphatic hydroxyl groups excluding tert-OH is 1. The highest BCUT2D eigenvalue weighted by Crippen LogP contribution is 2.43. The number of aromatic hydroxyl groups is 1. The number of hydrogen-bond donors (Lipinski definition) is 2. The first kappa shape index (κ1) is 38.3. The minimum absolute atomic E-state index is 0.0827. The normalized spacial score (nSPS) is 19.1. The predicted molar refractivity (Wildman–Crippen MR) is 225 cm³/mol. The zero-order valence-corrected chi connectivity index (χ0v) is 33.6. The molecular weight excluding hydrogens is 747 g/mol. The topological polar surface area (TPSA) is 129 Å². The Balaban J connectivity index is 0.941. The maximum Gasteiger partial charge on any atom is 0.257 e. The van der Waals surface area contributed by atoms with E-state index in [1.807, 2.05) is 60.6 Å². The zero-order chi connectivity index (χ0) is 40.8. The molecule has 4 aliphatic heterocycles. The van der Waals surface area contributed by atoms with Crippen LogP contribution >= 0.6 is 0 Å². The summed E-state index contributed by atoms with van der Waals surface area (Å²) in [6.45, 7) is 2.18. The predicted octanol–water partition coefficient (Wildman–Crippen LogP) is 7.05. The van der Waals surface area contributed by atoms with Gasteiger partial charge in [-0.2, -0.15) is 0 Å². The lowest BCUT2D eigenvalue weighted by Crippen LogP contribution is -2.44. The number of phenolic OH excluding ortho intramolecular Hbond substituents is 1. The second-order valence-electron chi connectivity index (χ2n) is 15.9. The summed E-state index contributed by atoms with van der Waals surface area (Å²) in [6.07, 6.45) is 4.20. The summed E-state index contributed by atoms with van der Waals surface area (Å²) in [5.41, 5.74) is 9.70. The Kier molecular flexibility index (Phi) is 10.3. The maximum absolute atomic E-state index is 13.9. The minimum Gasteiger partial charge on any atom is -0.508 e. The van der Waals surface area contributed by atoms with Crippen molar-refractivity contribution < 1.29 is 34.0 Å². The molecule has 0 radical (unpaired) electrons. The van der Waals surface area contributed by atoms with Gasteiger partial charge in [-0.15, -0.1) is 0 Å². The molecule has 1 unspecified atom stereocenters. The van der Waals surface area contributed by atoms with Crippen molar-refractivity contribution in [2.45, 2.75) is 64.0 Å². The summed E-state index contributed by atoms with van der Waals surface area (Å²) in [7, 11) is 7.21. The molecule has 12 nitrogen and oxygen atoms in total. The number of carbonyl (C=O) groups is 1. The van der Waals surface area contributed by atoms with Gasteiger partial charge in [0.05, 0.1) is 43.2 Å². The molecule has 12 heteroatoms. The van der Waals surface area contributed by atoms with Gasteiger partial charge in [-0.3, -0.25) is 19.7 Å². The van der Waals surface area contributed by atoms with Gasteiger partial charge in [0.1, 0.15) is 25.2 Å². The van der Waals surface area contributed by atoms with Crippen LogP contribution in [0, 0.1) is 0 Å². The Hall–Kier alpha value is -6.21. The van der Waals surface area contributed by atoms with Crippen LogP contribution in [-0.4, -0.2) is 83.6 Å². The molecule has 0 saturated heterocycles. The fourth-order valence-electron chi connectivity index (χ4n) is 8.63. The molecule has 0 aromatic heterocycles. The van der Waals surface area contributed by atoms with Crippen molar-refractivity contribution in [2.75, 3.05) is 28.3 Å². The first-order valence-electron chi connectivity index (χ1n) is 19.8. The second kappa shape index (κ2) is 15.9. The van der Waals surface area contributed by atoms with Gasteiger partial charge < -0.3 is 39.0 Å². The first-order chi connectivity index (χ1) is 28.6. The number of nitrogens with zero attached hydrogens (tertiary/aromatic N) is 5. The van der Waals surface area contributed by atoms with E-state index in [0.717, 1.165) is 33.4 Å². The van der Waals surface area contributed by atoms with E-state index in [1.54, 1.807) is 44.6 Å². The average molecular weight is 794 g/mol. The Morgan fingerprint density at radius 1 is 0.695 bits per heavy atom. The Bertz CT molecular complexity index is 2500. The standard InChI is InChI=1S/C47H47N5O7/c1-50(2)23-28-11-29(26-58-44-19-40-38(17-42(44)56-3)46(54)51-24-33-8-6-5-7-31(33)14-35(51)21-48-40)13-30(12-28)27-59-45-20-41-39(18-43(45)57-4)47(55)52-25-34-16-37(53)10-9-32(34)15-36(52)22-49-41/h5-13,16-22,35-36,47,53,55H,14-15,23-27H2,1-4H3/t35-,36-,47?/m0/s1. The fourth-order valence-corrected chi connectivity index (χ4v) is 8.63. The van der Waals surface area contributed by atoms with Crippen molar-refractivity contribution in [1.29, 1.82) is 0 Å². The number of ether oxygens (including phenoxy) is 4. The van der Waals surface area contributed by atoms with Crippen molar-refractivity contribution in [1.82, 2.24) is 14.7 Å². The molecule has 9 rings (SSSR count). The van der Waals surface area contributed by atoms with Gasteiger partial charge in [0.15, 0.2) is 23.0 Å². The van der Waals surface area contributed by atoms with Crippen molar-refractivity contribution in [3.05, 3.63) is 135 Å². The van der Waals surface area contributed by atoms with Crippen LogP contribution in [0.15, 0.2) is 94.9 Å². The lowest BCUT2D eigenvalue weighted by molar-refractivity contribution is -0.0198. The molecule has 5 aromatic rings. The molecule has 0 aliphatic carbocycles. The van der Waals surface area contributed by atoms with E-state index in [9.17, 15) is 15.0 Å². The summed E-state index contributed by atoms with van der Waals surface area (Å²) < 4.78 is 24.4. The Labute approximate surface area is 343 Å². The Morgan fingerprint density at radius 2 is 1.32 bits per heavy atom. The summed E-state index contributed by atoms with van der Waals surface area (Å²) >= 11 is 0. The number of amides is 1. The van der Waals surface area contributed by atoms with E-state index in [2.05, 4.69) is 35.2 Å². The lowest BCUT2D eigenvalue weighted by atomic mass is 9.93. The summed E-state index contributed by atoms with van der Waals surface area (Å²) in [6, 6.07) is 26.8. The number of phenols is 1. The van der Waals surface area contributed by atoms with Crippen LogP contribution in [0.3, 0.4) is 0 Å². The van der Waals surface area contributed by atoms with Crippen LogP contribution in [0.4, 0.5) is 11.4 Å². The van der Waals surface area contributed by atoms with Gasteiger partial charge in [-0.05, 0) is 96.2 Å². The maximum atomic E-state index is 13.9. The van der Waals surface area contributed by atoms with Gasteiger partial charge >= 0.3 is 0 Å². The largest absolute Gasteiger partial charge is 0.508 e. The second-order valence-corrected chi connectivity index (χ2v) is 15.9. The van der Waals surface area contributed by atoms with Gasteiger partial charge in [-0.1, -0.05) is 42.5 Å². The number of aliphatic hydroxyl groups is 1. The smallest absolute Gasteiger partial charge is 0.257 e. The van der Waals surface area contributed by atoms with Crippen molar-refractivity contribution in [3.8, 4) is 28.7 Å². The molecule has 2 N–H and O–H groups in total. The molecular formula is C47H47N5O7. The van der Waals surface area contributed by atoms with E-state index in [4.69, 9.17) is 28.9 Å². The number of benzene rings is 5. The molecule has 1 amide bonds. The quantitative estimate of drug-likeness (QED) is 0.153. The van der Waals surface area contributed by atoms with E-state index < -0.39 is 6.23 Å². The number of rotatable bonds is 10. The van der Waals surface area contributed by atoms with E-state index in [0.29, 0.717) is 78.0 Å². The number of hydrogen-bond acceptors (Lipinski definition) is 11. The van der Waals surface area contributed by atoms with E-state index in [1.165, 1.54) is 5.56 Å². The summed E-state index contributed by atoms with van der Waals surface area (Å²) in [5, 5.41) is 21.7. The summed E-state index contributed by atoms with van der Waals surface area (Å²) in [5.74, 6) is 2.06. The molecule has 3 atom stereocenters. The number of carbonyl (C=O) groups excluding carboxylic acids is 1. The van der Waals surface area contributed by atoms with Gasteiger partial charge in [0.2, 0.25) is 0 Å². The average Bonchev–Trinajstić information content (AvgIpc) is 3.45. The molecule has 0 saturated carbocycles. The van der Waals surface area contributed by atoms with Gasteiger partial charge in [-0.25, -0.2) is 0 Å². The number of methoxy groups -OCH3 is 2.